The van der Waals surface area contributed by atoms with Crippen LogP contribution in [0.4, 0.5) is 0 Å². The van der Waals surface area contributed by atoms with Gasteiger partial charge in [-0.1, -0.05) is 97.6 Å². The number of aliphatic imine (C=N–C) groups is 1. The van der Waals surface area contributed by atoms with Gasteiger partial charge in [0.2, 0.25) is 17.7 Å². The molecule has 4 aliphatic heterocycles. The molecule has 15 heteroatoms. The maximum atomic E-state index is 14.8. The van der Waals surface area contributed by atoms with Gasteiger partial charge >= 0.3 is 0 Å². The summed E-state index contributed by atoms with van der Waals surface area (Å²) >= 11 is 0. The molecular formula is C52H57N5O10. The van der Waals surface area contributed by atoms with Gasteiger partial charge in [0.25, 0.3) is 11.8 Å². The largest absolute Gasteiger partial charge is 0.466 e. The maximum Gasteiger partial charge on any atom is 0.256 e. The van der Waals surface area contributed by atoms with Gasteiger partial charge in [-0.2, -0.15) is 0 Å². The van der Waals surface area contributed by atoms with E-state index in [1.807, 2.05) is 108 Å². The Balaban J connectivity index is 0.707. The molecule has 0 spiro atoms. The maximum absolute atomic E-state index is 14.8. The highest BCUT2D eigenvalue weighted by molar-refractivity contribution is 6.02. The number of ketones is 1. The van der Waals surface area contributed by atoms with Crippen LogP contribution in [-0.2, 0) is 73.6 Å². The van der Waals surface area contributed by atoms with Crippen molar-refractivity contribution in [1.29, 1.82) is 0 Å². The number of Topliss-reactive ketones (excluding diaryl/α,β-unsaturated/α-hetero) is 1. The Bertz CT molecular complexity index is 2480. The van der Waals surface area contributed by atoms with E-state index < -0.39 is 17.7 Å². The first-order chi connectivity index (χ1) is 32.6. The quantitative estimate of drug-likeness (QED) is 0.0875. The van der Waals surface area contributed by atoms with Crippen LogP contribution in [0.15, 0.2) is 115 Å². The summed E-state index contributed by atoms with van der Waals surface area (Å²) in [5.74, 6) is -0.665. The number of carbonyl (C=O) groups is 5. The van der Waals surface area contributed by atoms with E-state index in [2.05, 4.69) is 11.9 Å². The van der Waals surface area contributed by atoms with Crippen LogP contribution in [0.5, 0.6) is 0 Å². The van der Waals surface area contributed by atoms with Crippen molar-refractivity contribution in [3.8, 4) is 0 Å². The number of nitrogens with zero attached hydrogens (tertiary/aromatic N) is 4. The summed E-state index contributed by atoms with van der Waals surface area (Å²) in [7, 11) is 1.51. The molecule has 15 nitrogen and oxygen atoms in total. The van der Waals surface area contributed by atoms with E-state index >= 15 is 0 Å². The molecule has 67 heavy (non-hydrogen) atoms. The molecule has 0 aromatic heterocycles. The van der Waals surface area contributed by atoms with Gasteiger partial charge in [0, 0.05) is 68.3 Å². The summed E-state index contributed by atoms with van der Waals surface area (Å²) in [6, 6.07) is 32.4. The van der Waals surface area contributed by atoms with Gasteiger partial charge in [-0.05, 0) is 40.8 Å². The molecule has 8 rings (SSSR count). The monoisotopic (exact) mass is 911 g/mol. The minimum absolute atomic E-state index is 0.0543. The Kier molecular flexibility index (Phi) is 15.3. The standard InChI is InChI=1S/C52H57N5O10/c1-36-42-19-11-17-39(44(42)33-57(36)45-20-21-47(60)55(2)50(45)61)30-41(58)35-66-29-28-65-27-26-64-25-24-63-23-22-53-46(59)34-56-32-40-16-9-10-18-43(40)48-52(51(56)62,31-37-12-5-3-6-13-37)54-49(67-48)38-14-7-4-8-15-38/h3-19,45,48H,1,20-35H2,2H3,(H,53,59)/t45?,48-,52-/m0/s1. The van der Waals surface area contributed by atoms with Gasteiger partial charge in [0.05, 0.1) is 52.8 Å². The number of likely N-dealkylation sites (N-methyl/N-ethyl adjacent to an activating group) is 1. The zero-order valence-electron chi connectivity index (χ0n) is 37.9. The molecule has 1 unspecified atom stereocenters. The SMILES string of the molecule is C=C1c2cccc(CC(=O)COCCOCCOCCOCCNC(=O)CN3Cc4ccccc4[C@@H]4OC(c5ccccc5)=N[C@]4(Cc4ccccc4)C3=O)c2CN1C1CCC(=O)N(C)C1=O. The summed E-state index contributed by atoms with van der Waals surface area (Å²) in [6.45, 7) is 7.13. The Morgan fingerprint density at radius 2 is 1.48 bits per heavy atom. The van der Waals surface area contributed by atoms with Crippen LogP contribution in [0.3, 0.4) is 0 Å². The Morgan fingerprint density at radius 3 is 2.22 bits per heavy atom. The van der Waals surface area contributed by atoms with Gasteiger partial charge in [0.15, 0.2) is 17.4 Å². The highest BCUT2D eigenvalue weighted by Crippen LogP contribution is 2.46. The average molecular weight is 912 g/mol. The van der Waals surface area contributed by atoms with E-state index in [1.165, 1.54) is 11.9 Å². The van der Waals surface area contributed by atoms with Crippen LogP contribution in [0.2, 0.25) is 0 Å². The normalized spacial score (nSPS) is 20.0. The van der Waals surface area contributed by atoms with Crippen molar-refractivity contribution in [2.75, 3.05) is 73.0 Å². The van der Waals surface area contributed by atoms with Crippen molar-refractivity contribution in [2.24, 2.45) is 4.99 Å². The first kappa shape index (κ1) is 47.0. The number of imide groups is 1. The minimum atomic E-state index is -1.32. The fourth-order valence-corrected chi connectivity index (χ4v) is 9.16. The molecule has 0 radical (unpaired) electrons. The molecule has 0 saturated carbocycles. The zero-order valence-corrected chi connectivity index (χ0v) is 37.9. The predicted molar refractivity (Wildman–Crippen MR) is 248 cm³/mol. The summed E-state index contributed by atoms with van der Waals surface area (Å²) in [6.07, 6.45) is 0.557. The van der Waals surface area contributed by atoms with Crippen molar-refractivity contribution in [3.05, 3.63) is 149 Å². The number of carbonyl (C=O) groups excluding carboxylic acids is 5. The van der Waals surface area contributed by atoms with Crippen molar-refractivity contribution in [2.45, 2.75) is 56.5 Å². The summed E-state index contributed by atoms with van der Waals surface area (Å²) < 4.78 is 29.1. The first-order valence-corrected chi connectivity index (χ1v) is 22.8. The molecule has 1 saturated heterocycles. The summed E-state index contributed by atoms with van der Waals surface area (Å²) in [5, 5.41) is 2.89. The van der Waals surface area contributed by atoms with E-state index in [9.17, 15) is 24.0 Å². The smallest absolute Gasteiger partial charge is 0.256 e. The summed E-state index contributed by atoms with van der Waals surface area (Å²) in [5.41, 5.74) is 5.65. The molecule has 0 bridgehead atoms. The lowest BCUT2D eigenvalue weighted by molar-refractivity contribution is -0.150. The first-order valence-electron chi connectivity index (χ1n) is 22.8. The number of piperidine rings is 1. The fraction of sp³-hybridized carbons (Fsp3) is 0.385. The average Bonchev–Trinajstić information content (AvgIpc) is 3.87. The van der Waals surface area contributed by atoms with Crippen LogP contribution < -0.4 is 5.32 Å². The second-order valence-electron chi connectivity index (χ2n) is 17.0. The third-order valence-corrected chi connectivity index (χ3v) is 12.6. The topological polar surface area (TPSA) is 166 Å². The summed E-state index contributed by atoms with van der Waals surface area (Å²) in [4.78, 5) is 75.7. The molecule has 3 atom stereocenters. The minimum Gasteiger partial charge on any atom is -0.466 e. The van der Waals surface area contributed by atoms with Gasteiger partial charge in [-0.3, -0.25) is 28.9 Å². The van der Waals surface area contributed by atoms with E-state index in [0.29, 0.717) is 64.7 Å². The molecule has 1 fully saturated rings. The predicted octanol–water partition coefficient (Wildman–Crippen LogP) is 4.46. The van der Waals surface area contributed by atoms with E-state index in [1.54, 1.807) is 4.90 Å². The van der Waals surface area contributed by atoms with Crippen molar-refractivity contribution in [3.63, 3.8) is 0 Å². The molecular weight excluding hydrogens is 855 g/mol. The Labute approximate surface area is 390 Å². The Hall–Kier alpha value is -6.52. The third-order valence-electron chi connectivity index (χ3n) is 12.6. The van der Waals surface area contributed by atoms with Crippen molar-refractivity contribution in [1.82, 2.24) is 20.0 Å². The lowest BCUT2D eigenvalue weighted by atomic mass is 9.81. The van der Waals surface area contributed by atoms with Crippen LogP contribution in [0, 0.1) is 0 Å². The Morgan fingerprint density at radius 1 is 0.806 bits per heavy atom. The van der Waals surface area contributed by atoms with Crippen LogP contribution in [0.1, 0.15) is 57.9 Å². The number of ether oxygens (including phenoxy) is 5. The molecule has 0 aliphatic carbocycles. The number of likely N-dealkylation sites (tertiary alicyclic amines) is 1. The lowest BCUT2D eigenvalue weighted by Gasteiger charge is -2.35. The molecule has 4 aliphatic rings. The highest BCUT2D eigenvalue weighted by Gasteiger charge is 2.57. The van der Waals surface area contributed by atoms with E-state index in [4.69, 9.17) is 28.7 Å². The molecule has 1 N–H and O–H groups in total. The van der Waals surface area contributed by atoms with Crippen LogP contribution >= 0.6 is 0 Å². The number of hydrogen-bond donors (Lipinski definition) is 1. The lowest BCUT2D eigenvalue weighted by Crippen LogP contribution is -2.52. The van der Waals surface area contributed by atoms with E-state index in [-0.39, 0.29) is 75.3 Å². The van der Waals surface area contributed by atoms with E-state index in [0.717, 1.165) is 44.6 Å². The van der Waals surface area contributed by atoms with Crippen molar-refractivity contribution >= 4 is 41.0 Å². The number of nitrogens with one attached hydrogen (secondary N) is 1. The highest BCUT2D eigenvalue weighted by atomic mass is 16.6. The van der Waals surface area contributed by atoms with Crippen molar-refractivity contribution < 1.29 is 47.7 Å². The zero-order chi connectivity index (χ0) is 46.8. The van der Waals surface area contributed by atoms with Gasteiger partial charge in [-0.25, -0.2) is 4.99 Å². The molecule has 4 heterocycles. The van der Waals surface area contributed by atoms with Crippen LogP contribution in [-0.4, -0.2) is 135 Å². The number of fused-ring (bicyclic) bond motifs is 4. The second kappa shape index (κ2) is 21.9. The van der Waals surface area contributed by atoms with Crippen LogP contribution in [0.25, 0.3) is 5.70 Å². The second-order valence-corrected chi connectivity index (χ2v) is 17.0. The van der Waals surface area contributed by atoms with Gasteiger partial charge in [-0.15, -0.1) is 0 Å². The number of rotatable bonds is 22. The van der Waals surface area contributed by atoms with Gasteiger partial charge < -0.3 is 38.8 Å². The number of benzene rings is 4. The molecule has 4 amide bonds. The number of hydrogen-bond acceptors (Lipinski definition) is 12. The molecule has 4 aromatic carbocycles. The number of amides is 4. The fourth-order valence-electron chi connectivity index (χ4n) is 9.16. The molecule has 4 aromatic rings. The van der Waals surface area contributed by atoms with Gasteiger partial charge in [0.1, 0.15) is 12.6 Å². The third kappa shape index (κ3) is 10.9. The molecule has 350 valence electrons.